The van der Waals surface area contributed by atoms with Gasteiger partial charge in [0.05, 0.1) is 5.94 Å². The standard InChI is InChI=1S/C23H37BN4O3.ClH/c1-16(2)22-9-12-23(13-10-22,14-11-22)18-7-5-17(6-8-18)20(29)28-19(24(30)31)4-3-15-27-21(25)26;/h5-8,16,19,30-31H,3-4,9-15H2,1-2H3,(H,28,29)(H4,25,26,27);1H/t19-,22?,23?;/m0./s1. The molecule has 2 bridgehead atoms. The number of hydrogen-bond donors (Lipinski definition) is 5. The van der Waals surface area contributed by atoms with Crippen molar-refractivity contribution < 1.29 is 14.8 Å². The Labute approximate surface area is 198 Å². The van der Waals surface area contributed by atoms with Crippen molar-refractivity contribution in [1.29, 1.82) is 0 Å². The first kappa shape index (κ1) is 26.5. The lowest BCUT2D eigenvalue weighted by Gasteiger charge is -2.56. The van der Waals surface area contributed by atoms with Crippen LogP contribution in [0.15, 0.2) is 29.3 Å². The van der Waals surface area contributed by atoms with Gasteiger partial charge in [0.1, 0.15) is 0 Å². The number of guanidine groups is 1. The molecule has 7 N–H and O–H groups in total. The molecule has 3 saturated carbocycles. The Morgan fingerprint density at radius 1 is 1.09 bits per heavy atom. The molecule has 3 fully saturated rings. The van der Waals surface area contributed by atoms with E-state index in [1.54, 1.807) is 0 Å². The van der Waals surface area contributed by atoms with Gasteiger partial charge in [-0.25, -0.2) is 0 Å². The van der Waals surface area contributed by atoms with Crippen LogP contribution >= 0.6 is 12.4 Å². The van der Waals surface area contributed by atoms with E-state index in [1.807, 2.05) is 12.1 Å². The van der Waals surface area contributed by atoms with Crippen molar-refractivity contribution in [3.05, 3.63) is 35.4 Å². The Hall–Kier alpha value is -1.77. The smallest absolute Gasteiger partial charge is 0.426 e. The highest BCUT2D eigenvalue weighted by Crippen LogP contribution is 2.60. The summed E-state index contributed by atoms with van der Waals surface area (Å²) in [6, 6.07) is 7.90. The van der Waals surface area contributed by atoms with Crippen molar-refractivity contribution in [3.63, 3.8) is 0 Å². The fraction of sp³-hybridized carbons (Fsp3) is 0.652. The van der Waals surface area contributed by atoms with E-state index in [9.17, 15) is 14.8 Å². The molecule has 3 aliphatic rings. The maximum atomic E-state index is 12.7. The first-order chi connectivity index (χ1) is 14.7. The predicted molar refractivity (Wildman–Crippen MR) is 132 cm³/mol. The normalized spacial score (nSPS) is 25.0. The predicted octanol–water partition coefficient (Wildman–Crippen LogP) is 2.52. The molecule has 1 aromatic rings. The van der Waals surface area contributed by atoms with Crippen LogP contribution in [0.25, 0.3) is 0 Å². The van der Waals surface area contributed by atoms with Gasteiger partial charge in [0.25, 0.3) is 5.91 Å². The fourth-order valence-corrected chi connectivity index (χ4v) is 5.56. The number of nitrogens with zero attached hydrogens (tertiary/aromatic N) is 1. The van der Waals surface area contributed by atoms with Crippen molar-refractivity contribution in [2.24, 2.45) is 27.8 Å². The van der Waals surface area contributed by atoms with E-state index in [-0.39, 0.29) is 29.7 Å². The maximum Gasteiger partial charge on any atom is 0.475 e. The SMILES string of the molecule is CC(C)C12CCC(c3ccc(C(=O)N[C@@H](CCCN=C(N)N)B(O)O)cc3)(CC1)CC2.Cl. The van der Waals surface area contributed by atoms with Crippen LogP contribution in [0.2, 0.25) is 0 Å². The number of aliphatic imine (C=N–C) groups is 1. The number of nitrogens with two attached hydrogens (primary N) is 2. The molecule has 0 saturated heterocycles. The summed E-state index contributed by atoms with van der Waals surface area (Å²) in [6.45, 7) is 5.10. The fourth-order valence-electron chi connectivity index (χ4n) is 5.56. The van der Waals surface area contributed by atoms with Gasteiger partial charge in [-0.15, -0.1) is 12.4 Å². The Kier molecular flexibility index (Phi) is 9.02. The number of carbonyl (C=O) groups excluding carboxylic acids is 1. The Balaban J connectivity index is 0.00000363. The molecule has 0 spiro atoms. The van der Waals surface area contributed by atoms with Crippen molar-refractivity contribution >= 4 is 31.4 Å². The molecule has 1 amide bonds. The Morgan fingerprint density at radius 3 is 2.12 bits per heavy atom. The van der Waals surface area contributed by atoms with E-state index in [1.165, 1.54) is 44.1 Å². The molecule has 0 heterocycles. The number of nitrogens with one attached hydrogen (secondary N) is 1. The van der Waals surface area contributed by atoms with Crippen molar-refractivity contribution in [3.8, 4) is 0 Å². The number of fused-ring (bicyclic) bond motifs is 3. The first-order valence-electron chi connectivity index (χ1n) is 11.5. The number of benzene rings is 1. The molecule has 9 heteroatoms. The third kappa shape index (κ3) is 5.77. The maximum absolute atomic E-state index is 12.7. The first-order valence-corrected chi connectivity index (χ1v) is 11.5. The highest BCUT2D eigenvalue weighted by molar-refractivity contribution is 6.43. The second kappa shape index (κ2) is 10.9. The lowest BCUT2D eigenvalue weighted by molar-refractivity contribution is 0.00186. The number of rotatable bonds is 9. The van der Waals surface area contributed by atoms with Gasteiger partial charge in [-0.3, -0.25) is 9.79 Å². The van der Waals surface area contributed by atoms with E-state index in [0.29, 0.717) is 30.4 Å². The van der Waals surface area contributed by atoms with Crippen LogP contribution in [-0.2, 0) is 5.41 Å². The molecule has 0 unspecified atom stereocenters. The largest absolute Gasteiger partial charge is 0.475 e. The van der Waals surface area contributed by atoms with Crippen LogP contribution in [0.1, 0.15) is 81.1 Å². The minimum Gasteiger partial charge on any atom is -0.426 e. The molecule has 4 rings (SSSR count). The molecular weight excluding hydrogens is 427 g/mol. The number of halogens is 1. The van der Waals surface area contributed by atoms with Crippen LogP contribution in [0, 0.1) is 11.3 Å². The minimum atomic E-state index is -1.65. The number of carbonyl (C=O) groups is 1. The molecule has 3 aliphatic carbocycles. The lowest BCUT2D eigenvalue weighted by Crippen LogP contribution is -2.47. The third-order valence-electron chi connectivity index (χ3n) is 7.93. The van der Waals surface area contributed by atoms with Crippen LogP contribution in [-0.4, -0.2) is 41.5 Å². The topological polar surface area (TPSA) is 134 Å². The van der Waals surface area contributed by atoms with E-state index in [0.717, 1.165) is 5.92 Å². The Bertz CT molecular complexity index is 772. The molecule has 178 valence electrons. The summed E-state index contributed by atoms with van der Waals surface area (Å²) in [5, 5.41) is 22.0. The number of amides is 1. The van der Waals surface area contributed by atoms with E-state index in [4.69, 9.17) is 11.5 Å². The van der Waals surface area contributed by atoms with Crippen LogP contribution in [0.5, 0.6) is 0 Å². The van der Waals surface area contributed by atoms with Crippen molar-refractivity contribution in [2.75, 3.05) is 6.54 Å². The quantitative estimate of drug-likeness (QED) is 0.166. The summed E-state index contributed by atoms with van der Waals surface area (Å²) in [6.07, 6.45) is 8.45. The summed E-state index contributed by atoms with van der Waals surface area (Å²) in [5.74, 6) is -0.349. The van der Waals surface area contributed by atoms with E-state index >= 15 is 0 Å². The second-order valence-corrected chi connectivity index (χ2v) is 9.82. The van der Waals surface area contributed by atoms with E-state index in [2.05, 4.69) is 36.3 Å². The molecule has 1 aromatic carbocycles. The van der Waals surface area contributed by atoms with Gasteiger partial charge >= 0.3 is 7.12 Å². The Morgan fingerprint density at radius 2 is 1.66 bits per heavy atom. The zero-order valence-corrected chi connectivity index (χ0v) is 20.0. The molecule has 0 aromatic heterocycles. The molecule has 32 heavy (non-hydrogen) atoms. The van der Waals surface area contributed by atoms with Crippen molar-refractivity contribution in [1.82, 2.24) is 5.32 Å². The second-order valence-electron chi connectivity index (χ2n) is 9.82. The highest BCUT2D eigenvalue weighted by atomic mass is 35.5. The summed E-state index contributed by atoms with van der Waals surface area (Å²) >= 11 is 0. The highest BCUT2D eigenvalue weighted by Gasteiger charge is 2.50. The summed E-state index contributed by atoms with van der Waals surface area (Å²) < 4.78 is 0. The zero-order chi connectivity index (χ0) is 22.6. The van der Waals surface area contributed by atoms with Gasteiger partial charge in [-0.05, 0) is 85.8 Å². The molecule has 7 nitrogen and oxygen atoms in total. The number of hydrogen-bond acceptors (Lipinski definition) is 4. The van der Waals surface area contributed by atoms with Gasteiger partial charge < -0.3 is 26.8 Å². The van der Waals surface area contributed by atoms with Gasteiger partial charge in [0.15, 0.2) is 5.96 Å². The van der Waals surface area contributed by atoms with Crippen LogP contribution in [0.4, 0.5) is 0 Å². The molecule has 0 aliphatic heterocycles. The third-order valence-corrected chi connectivity index (χ3v) is 7.93. The van der Waals surface area contributed by atoms with Crippen LogP contribution in [0.3, 0.4) is 0 Å². The van der Waals surface area contributed by atoms with Crippen molar-refractivity contribution in [2.45, 2.75) is 76.6 Å². The van der Waals surface area contributed by atoms with Gasteiger partial charge in [-0.1, -0.05) is 26.0 Å². The average molecular weight is 465 g/mol. The van der Waals surface area contributed by atoms with Gasteiger partial charge in [0, 0.05) is 12.1 Å². The van der Waals surface area contributed by atoms with Gasteiger partial charge in [-0.2, -0.15) is 0 Å². The summed E-state index contributed by atoms with van der Waals surface area (Å²) in [7, 11) is -1.65. The van der Waals surface area contributed by atoms with Crippen LogP contribution < -0.4 is 16.8 Å². The minimum absolute atomic E-state index is 0. The zero-order valence-electron chi connectivity index (χ0n) is 19.2. The molecule has 1 atom stereocenters. The molecular formula is C23H38BClN4O3. The average Bonchev–Trinajstić information content (AvgIpc) is 2.76. The van der Waals surface area contributed by atoms with E-state index < -0.39 is 13.1 Å². The van der Waals surface area contributed by atoms with Gasteiger partial charge in [0.2, 0.25) is 0 Å². The summed E-state index contributed by atoms with van der Waals surface area (Å²) in [5.41, 5.74) is 13.2. The summed E-state index contributed by atoms with van der Waals surface area (Å²) in [4.78, 5) is 16.5. The lowest BCUT2D eigenvalue weighted by atomic mass is 9.49. The monoisotopic (exact) mass is 464 g/mol. The molecule has 0 radical (unpaired) electrons.